The van der Waals surface area contributed by atoms with E-state index < -0.39 is 15.8 Å². The van der Waals surface area contributed by atoms with Crippen LogP contribution in [-0.2, 0) is 25.9 Å². The number of ether oxygens (including phenoxy) is 2. The van der Waals surface area contributed by atoms with Gasteiger partial charge in [0.15, 0.2) is 5.79 Å². The van der Waals surface area contributed by atoms with Gasteiger partial charge >= 0.3 is 0 Å². The Morgan fingerprint density at radius 1 is 1.09 bits per heavy atom. The summed E-state index contributed by atoms with van der Waals surface area (Å²) in [5.41, 5.74) is 0.946. The first-order chi connectivity index (χ1) is 10.3. The van der Waals surface area contributed by atoms with Crippen molar-refractivity contribution in [1.29, 1.82) is 0 Å². The number of benzene rings is 1. The van der Waals surface area contributed by atoms with Crippen molar-refractivity contribution in [3.8, 4) is 0 Å². The summed E-state index contributed by atoms with van der Waals surface area (Å²) in [6.07, 6.45) is 0.900. The molecule has 1 aromatic carbocycles. The molecule has 2 heterocycles. The lowest BCUT2D eigenvalue weighted by molar-refractivity contribution is -0.299. The van der Waals surface area contributed by atoms with Crippen LogP contribution in [0.2, 0.25) is 0 Å². The summed E-state index contributed by atoms with van der Waals surface area (Å²) >= 11 is 0. The predicted octanol–water partition coefficient (Wildman–Crippen LogP) is 2.02. The molecule has 2 fully saturated rings. The van der Waals surface area contributed by atoms with E-state index in [4.69, 9.17) is 9.47 Å². The molecule has 0 amide bonds. The molecule has 22 heavy (non-hydrogen) atoms. The predicted molar refractivity (Wildman–Crippen MR) is 83.0 cm³/mol. The minimum Gasteiger partial charge on any atom is -0.350 e. The van der Waals surface area contributed by atoms with E-state index in [-0.39, 0.29) is 5.41 Å². The van der Waals surface area contributed by atoms with Crippen molar-refractivity contribution in [2.75, 3.05) is 26.3 Å². The third-order valence-corrected chi connectivity index (χ3v) is 6.25. The van der Waals surface area contributed by atoms with Gasteiger partial charge in [-0.2, -0.15) is 4.31 Å². The van der Waals surface area contributed by atoms with E-state index in [1.165, 1.54) is 4.31 Å². The second kappa shape index (κ2) is 5.30. The maximum Gasteiger partial charge on any atom is 0.243 e. The highest BCUT2D eigenvalue weighted by molar-refractivity contribution is 7.89. The molecule has 122 valence electrons. The van der Waals surface area contributed by atoms with E-state index in [2.05, 4.69) is 0 Å². The highest BCUT2D eigenvalue weighted by Gasteiger charge is 2.52. The van der Waals surface area contributed by atoms with Crippen LogP contribution in [-0.4, -0.2) is 44.8 Å². The van der Waals surface area contributed by atoms with Crippen LogP contribution in [0.15, 0.2) is 29.2 Å². The van der Waals surface area contributed by atoms with Crippen LogP contribution in [0.3, 0.4) is 0 Å². The number of sulfonamides is 1. The zero-order valence-electron chi connectivity index (χ0n) is 13.3. The number of hydrogen-bond acceptors (Lipinski definition) is 4. The van der Waals surface area contributed by atoms with Gasteiger partial charge in [-0.3, -0.25) is 0 Å². The van der Waals surface area contributed by atoms with E-state index in [0.717, 1.165) is 12.0 Å². The number of hydrogen-bond donors (Lipinski definition) is 0. The molecular formula is C16H23NO4S. The third-order valence-electron chi connectivity index (χ3n) is 4.44. The summed E-state index contributed by atoms with van der Waals surface area (Å²) in [5, 5.41) is 0. The van der Waals surface area contributed by atoms with Crippen molar-refractivity contribution in [3.63, 3.8) is 0 Å². The van der Waals surface area contributed by atoms with Gasteiger partial charge in [0.1, 0.15) is 0 Å². The SMILES string of the molecule is CCc1ccc(S(=O)(=O)N2CC3(COC(C)(C)OC3)C2)cc1. The zero-order chi connectivity index (χ0) is 16.0. The van der Waals surface area contributed by atoms with Crippen molar-refractivity contribution in [2.24, 2.45) is 5.41 Å². The van der Waals surface area contributed by atoms with Crippen LogP contribution in [0.5, 0.6) is 0 Å². The van der Waals surface area contributed by atoms with Crippen LogP contribution in [0.1, 0.15) is 26.3 Å². The van der Waals surface area contributed by atoms with Gasteiger partial charge < -0.3 is 9.47 Å². The average molecular weight is 325 g/mol. The van der Waals surface area contributed by atoms with Crippen molar-refractivity contribution >= 4 is 10.0 Å². The average Bonchev–Trinajstić information content (AvgIpc) is 2.45. The fraction of sp³-hybridized carbons (Fsp3) is 0.625. The maximum atomic E-state index is 12.6. The molecular weight excluding hydrogens is 302 g/mol. The van der Waals surface area contributed by atoms with Crippen molar-refractivity contribution in [1.82, 2.24) is 4.31 Å². The molecule has 3 rings (SSSR count). The lowest BCUT2D eigenvalue weighted by atomic mass is 9.82. The molecule has 2 aliphatic rings. The molecule has 1 aromatic rings. The Morgan fingerprint density at radius 3 is 2.14 bits per heavy atom. The second-order valence-corrected chi connectivity index (χ2v) is 8.69. The summed E-state index contributed by atoms with van der Waals surface area (Å²) in [7, 11) is -3.41. The van der Waals surface area contributed by atoms with Gasteiger partial charge in [0.05, 0.1) is 18.1 Å². The number of nitrogens with zero attached hydrogens (tertiary/aromatic N) is 1. The van der Waals surface area contributed by atoms with E-state index in [1.54, 1.807) is 12.1 Å². The largest absolute Gasteiger partial charge is 0.350 e. The minimum atomic E-state index is -3.41. The Kier molecular flexibility index (Phi) is 3.84. The fourth-order valence-corrected chi connectivity index (χ4v) is 4.50. The second-order valence-electron chi connectivity index (χ2n) is 6.75. The first-order valence-corrected chi connectivity index (χ1v) is 9.07. The quantitative estimate of drug-likeness (QED) is 0.853. The van der Waals surface area contributed by atoms with Gasteiger partial charge in [-0.25, -0.2) is 8.42 Å². The van der Waals surface area contributed by atoms with E-state index in [9.17, 15) is 8.42 Å². The van der Waals surface area contributed by atoms with Crippen LogP contribution in [0.25, 0.3) is 0 Å². The topological polar surface area (TPSA) is 55.8 Å². The summed E-state index contributed by atoms with van der Waals surface area (Å²) in [6.45, 7) is 7.81. The molecule has 0 aliphatic carbocycles. The van der Waals surface area contributed by atoms with Crippen molar-refractivity contribution in [2.45, 2.75) is 37.9 Å². The lowest BCUT2D eigenvalue weighted by Gasteiger charge is -2.53. The molecule has 0 N–H and O–H groups in total. The van der Waals surface area contributed by atoms with E-state index in [1.807, 2.05) is 32.9 Å². The van der Waals surface area contributed by atoms with Crippen LogP contribution >= 0.6 is 0 Å². The number of rotatable bonds is 3. The van der Waals surface area contributed by atoms with Crippen LogP contribution < -0.4 is 0 Å². The monoisotopic (exact) mass is 325 g/mol. The lowest BCUT2D eigenvalue weighted by Crippen LogP contribution is -2.65. The van der Waals surface area contributed by atoms with Gasteiger partial charge in [0.2, 0.25) is 10.0 Å². The van der Waals surface area contributed by atoms with E-state index >= 15 is 0 Å². The van der Waals surface area contributed by atoms with Crippen LogP contribution in [0, 0.1) is 5.41 Å². The molecule has 0 radical (unpaired) electrons. The Hall–Kier alpha value is -0.950. The van der Waals surface area contributed by atoms with Crippen LogP contribution in [0.4, 0.5) is 0 Å². The maximum absolute atomic E-state index is 12.6. The van der Waals surface area contributed by atoms with Crippen molar-refractivity contribution < 1.29 is 17.9 Å². The first kappa shape index (κ1) is 15.9. The molecule has 2 saturated heterocycles. The van der Waals surface area contributed by atoms with Gasteiger partial charge in [-0.15, -0.1) is 0 Å². The Labute approximate surface area is 132 Å². The fourth-order valence-electron chi connectivity index (χ4n) is 2.84. The molecule has 2 aliphatic heterocycles. The zero-order valence-corrected chi connectivity index (χ0v) is 14.1. The molecule has 0 unspecified atom stereocenters. The first-order valence-electron chi connectivity index (χ1n) is 7.63. The van der Waals surface area contributed by atoms with Crippen molar-refractivity contribution in [3.05, 3.63) is 29.8 Å². The molecule has 6 heteroatoms. The van der Waals surface area contributed by atoms with E-state index in [0.29, 0.717) is 31.2 Å². The highest BCUT2D eigenvalue weighted by atomic mass is 32.2. The normalized spacial score (nSPS) is 24.1. The van der Waals surface area contributed by atoms with Gasteiger partial charge in [-0.05, 0) is 38.0 Å². The smallest absolute Gasteiger partial charge is 0.243 e. The molecule has 0 bridgehead atoms. The summed E-state index contributed by atoms with van der Waals surface area (Å²) in [4.78, 5) is 0.359. The van der Waals surface area contributed by atoms with Gasteiger partial charge in [0.25, 0.3) is 0 Å². The molecule has 0 atom stereocenters. The third kappa shape index (κ3) is 2.80. The Bertz CT molecular complexity index is 633. The minimum absolute atomic E-state index is 0.189. The number of aryl methyl sites for hydroxylation is 1. The summed E-state index contributed by atoms with van der Waals surface area (Å²) in [6, 6.07) is 7.13. The molecule has 1 spiro atoms. The Morgan fingerprint density at radius 2 is 1.64 bits per heavy atom. The van der Waals surface area contributed by atoms with Gasteiger partial charge in [0, 0.05) is 18.5 Å². The Balaban J connectivity index is 1.68. The molecule has 0 aromatic heterocycles. The molecule has 5 nitrogen and oxygen atoms in total. The molecule has 0 saturated carbocycles. The highest BCUT2D eigenvalue weighted by Crippen LogP contribution is 2.40. The standard InChI is InChI=1S/C16H23NO4S/c1-4-13-5-7-14(8-6-13)22(18,19)17-9-16(10-17)11-20-15(2,3)21-12-16/h5-8H,4,9-12H2,1-3H3. The summed E-state index contributed by atoms with van der Waals surface area (Å²) in [5.74, 6) is -0.569. The summed E-state index contributed by atoms with van der Waals surface area (Å²) < 4.78 is 38.1. The van der Waals surface area contributed by atoms with Gasteiger partial charge in [-0.1, -0.05) is 19.1 Å².